The second-order valence-corrected chi connectivity index (χ2v) is 8.96. The van der Waals surface area contributed by atoms with Gasteiger partial charge >= 0.3 is 0 Å². The number of rotatable bonds is 6. The molecule has 2 aromatic carbocycles. The molecule has 0 saturated heterocycles. The molecule has 3 rings (SSSR count). The summed E-state index contributed by atoms with van der Waals surface area (Å²) in [5, 5.41) is 6.52. The Kier molecular flexibility index (Phi) is 6.62. The van der Waals surface area contributed by atoms with Crippen LogP contribution in [0, 0.1) is 0 Å². The Bertz CT molecular complexity index is 1020. The number of amides is 2. The van der Waals surface area contributed by atoms with Gasteiger partial charge < -0.3 is 15.2 Å². The smallest absolute Gasteiger partial charge is 0.255 e. The van der Waals surface area contributed by atoms with Crippen LogP contribution < -0.4 is 10.6 Å². The Hall–Kier alpha value is -3.06. The van der Waals surface area contributed by atoms with E-state index in [1.165, 1.54) is 17.3 Å². The first-order chi connectivity index (χ1) is 14.2. The molecule has 156 valence electrons. The van der Waals surface area contributed by atoms with Crippen molar-refractivity contribution in [2.75, 3.05) is 16.4 Å². The Labute approximate surface area is 181 Å². The van der Waals surface area contributed by atoms with E-state index in [-0.39, 0.29) is 23.0 Å². The molecule has 1 heterocycles. The minimum atomic E-state index is -0.193. The van der Waals surface area contributed by atoms with Gasteiger partial charge in [0.25, 0.3) is 5.91 Å². The lowest BCUT2D eigenvalue weighted by Gasteiger charge is -2.19. The number of thioether (sulfide) groups is 1. The number of nitrogens with zero attached hydrogens (tertiary/aromatic N) is 2. The second kappa shape index (κ2) is 9.17. The number of hydrogen-bond donors (Lipinski definition) is 2. The van der Waals surface area contributed by atoms with Crippen molar-refractivity contribution in [1.82, 2.24) is 9.55 Å². The summed E-state index contributed by atoms with van der Waals surface area (Å²) in [5.74, 6) is -0.0571. The maximum atomic E-state index is 12.5. The molecule has 0 unspecified atom stereocenters. The van der Waals surface area contributed by atoms with Crippen molar-refractivity contribution < 1.29 is 9.59 Å². The normalized spacial score (nSPS) is 11.2. The summed E-state index contributed by atoms with van der Waals surface area (Å²) in [4.78, 5) is 28.8. The number of aryl methyl sites for hydroxylation is 1. The molecule has 0 saturated carbocycles. The molecule has 0 fully saturated rings. The van der Waals surface area contributed by atoms with Gasteiger partial charge in [-0.1, -0.05) is 44.7 Å². The van der Waals surface area contributed by atoms with E-state index in [9.17, 15) is 9.59 Å². The summed E-state index contributed by atoms with van der Waals surface area (Å²) in [6.07, 6.45) is 3.53. The SMILES string of the molecule is Cn1ccnc1SCC(=O)Nc1ccc(C(=O)Nc2ccc(C(C)(C)C)cc2)cc1. The monoisotopic (exact) mass is 422 g/mol. The van der Waals surface area contributed by atoms with Gasteiger partial charge in [-0.25, -0.2) is 4.98 Å². The van der Waals surface area contributed by atoms with E-state index in [0.717, 1.165) is 10.8 Å². The Morgan fingerprint density at radius 1 is 0.967 bits per heavy atom. The minimum Gasteiger partial charge on any atom is -0.329 e. The Morgan fingerprint density at radius 2 is 1.57 bits per heavy atom. The first-order valence-corrected chi connectivity index (χ1v) is 10.6. The lowest BCUT2D eigenvalue weighted by molar-refractivity contribution is -0.113. The molecule has 1 aromatic heterocycles. The van der Waals surface area contributed by atoms with E-state index in [1.54, 1.807) is 30.5 Å². The van der Waals surface area contributed by atoms with Gasteiger partial charge in [0.15, 0.2) is 5.16 Å². The largest absolute Gasteiger partial charge is 0.329 e. The number of carbonyl (C=O) groups is 2. The van der Waals surface area contributed by atoms with Crippen LogP contribution in [0.3, 0.4) is 0 Å². The van der Waals surface area contributed by atoms with E-state index in [4.69, 9.17) is 0 Å². The van der Waals surface area contributed by atoms with Crippen molar-refractivity contribution in [3.8, 4) is 0 Å². The highest BCUT2D eigenvalue weighted by Gasteiger charge is 2.14. The lowest BCUT2D eigenvalue weighted by atomic mass is 9.87. The molecule has 2 amide bonds. The highest BCUT2D eigenvalue weighted by atomic mass is 32.2. The van der Waals surface area contributed by atoms with Crippen molar-refractivity contribution in [2.45, 2.75) is 31.3 Å². The summed E-state index contributed by atoms with van der Waals surface area (Å²) in [6.45, 7) is 6.45. The van der Waals surface area contributed by atoms with Gasteiger partial charge in [-0.05, 0) is 47.4 Å². The Balaban J connectivity index is 1.53. The topological polar surface area (TPSA) is 76.0 Å². The highest BCUT2D eigenvalue weighted by Crippen LogP contribution is 2.24. The van der Waals surface area contributed by atoms with Crippen molar-refractivity contribution in [3.63, 3.8) is 0 Å². The van der Waals surface area contributed by atoms with Crippen LogP contribution in [-0.4, -0.2) is 27.1 Å². The molecule has 0 aliphatic rings. The van der Waals surface area contributed by atoms with Crippen LogP contribution in [0.5, 0.6) is 0 Å². The number of hydrogen-bond acceptors (Lipinski definition) is 4. The molecular weight excluding hydrogens is 396 g/mol. The molecule has 0 aliphatic carbocycles. The fourth-order valence-electron chi connectivity index (χ4n) is 2.78. The quantitative estimate of drug-likeness (QED) is 0.565. The molecule has 3 aromatic rings. The number of imidazole rings is 1. The van der Waals surface area contributed by atoms with Crippen molar-refractivity contribution in [3.05, 3.63) is 72.1 Å². The van der Waals surface area contributed by atoms with Crippen LogP contribution in [0.4, 0.5) is 11.4 Å². The third-order valence-electron chi connectivity index (χ3n) is 4.55. The maximum Gasteiger partial charge on any atom is 0.255 e. The molecule has 0 aliphatic heterocycles. The van der Waals surface area contributed by atoms with Gasteiger partial charge in [-0.2, -0.15) is 0 Å². The van der Waals surface area contributed by atoms with Gasteiger partial charge in [0.05, 0.1) is 5.75 Å². The maximum absolute atomic E-state index is 12.5. The van der Waals surface area contributed by atoms with Crippen LogP contribution in [-0.2, 0) is 17.3 Å². The van der Waals surface area contributed by atoms with Crippen LogP contribution in [0.15, 0.2) is 66.1 Å². The molecule has 0 spiro atoms. The fourth-order valence-corrected chi connectivity index (χ4v) is 3.51. The van der Waals surface area contributed by atoms with Gasteiger partial charge in [0, 0.05) is 36.4 Å². The molecule has 30 heavy (non-hydrogen) atoms. The third-order valence-corrected chi connectivity index (χ3v) is 5.61. The van der Waals surface area contributed by atoms with Crippen LogP contribution in [0.1, 0.15) is 36.7 Å². The second-order valence-electron chi connectivity index (χ2n) is 8.02. The van der Waals surface area contributed by atoms with Gasteiger partial charge in [-0.3, -0.25) is 9.59 Å². The average molecular weight is 423 g/mol. The van der Waals surface area contributed by atoms with E-state index in [1.807, 2.05) is 42.1 Å². The predicted molar refractivity (Wildman–Crippen MR) is 122 cm³/mol. The summed E-state index contributed by atoms with van der Waals surface area (Å²) in [7, 11) is 1.88. The van der Waals surface area contributed by atoms with Gasteiger partial charge in [0.2, 0.25) is 5.91 Å². The average Bonchev–Trinajstić information content (AvgIpc) is 3.11. The van der Waals surface area contributed by atoms with E-state index in [2.05, 4.69) is 36.4 Å². The molecule has 7 heteroatoms. The van der Waals surface area contributed by atoms with Gasteiger partial charge in [-0.15, -0.1) is 0 Å². The molecule has 2 N–H and O–H groups in total. The van der Waals surface area contributed by atoms with Crippen molar-refractivity contribution in [2.24, 2.45) is 7.05 Å². The highest BCUT2D eigenvalue weighted by molar-refractivity contribution is 7.99. The lowest BCUT2D eigenvalue weighted by Crippen LogP contribution is -2.15. The number of benzene rings is 2. The number of anilines is 2. The third kappa shape index (κ3) is 5.73. The zero-order valence-electron chi connectivity index (χ0n) is 17.6. The van der Waals surface area contributed by atoms with Crippen molar-refractivity contribution >= 4 is 35.0 Å². The first kappa shape index (κ1) is 21.6. The fraction of sp³-hybridized carbons (Fsp3) is 0.261. The zero-order chi connectivity index (χ0) is 21.7. The van der Waals surface area contributed by atoms with Crippen LogP contribution in [0.25, 0.3) is 0 Å². The number of aromatic nitrogens is 2. The van der Waals surface area contributed by atoms with Crippen LogP contribution in [0.2, 0.25) is 0 Å². The van der Waals surface area contributed by atoms with E-state index >= 15 is 0 Å². The van der Waals surface area contributed by atoms with E-state index < -0.39 is 0 Å². The number of nitrogens with one attached hydrogen (secondary N) is 2. The minimum absolute atomic E-state index is 0.0681. The molecule has 0 bridgehead atoms. The summed E-state index contributed by atoms with van der Waals surface area (Å²) >= 11 is 1.37. The molecular formula is C23H26N4O2S. The van der Waals surface area contributed by atoms with E-state index in [0.29, 0.717) is 11.3 Å². The first-order valence-electron chi connectivity index (χ1n) is 9.64. The molecule has 0 radical (unpaired) electrons. The standard InChI is InChI=1S/C23H26N4O2S/c1-23(2,3)17-7-11-19(12-8-17)26-21(29)16-5-9-18(10-6-16)25-20(28)15-30-22-24-13-14-27(22)4/h5-14H,15H2,1-4H3,(H,25,28)(H,26,29). The zero-order valence-corrected chi connectivity index (χ0v) is 18.4. The number of carbonyl (C=O) groups excluding carboxylic acids is 2. The summed E-state index contributed by atoms with van der Waals surface area (Å²) in [5.41, 5.74) is 3.19. The molecule has 6 nitrogen and oxygen atoms in total. The van der Waals surface area contributed by atoms with Gasteiger partial charge in [0.1, 0.15) is 0 Å². The van der Waals surface area contributed by atoms with Crippen molar-refractivity contribution in [1.29, 1.82) is 0 Å². The predicted octanol–water partition coefficient (Wildman–Crippen LogP) is 4.70. The molecule has 0 atom stereocenters. The Morgan fingerprint density at radius 3 is 2.13 bits per heavy atom. The summed E-state index contributed by atoms with van der Waals surface area (Å²) < 4.78 is 1.86. The van der Waals surface area contributed by atoms with Crippen LogP contribution >= 0.6 is 11.8 Å². The summed E-state index contributed by atoms with van der Waals surface area (Å²) in [6, 6.07) is 14.7.